The van der Waals surface area contributed by atoms with E-state index in [4.69, 9.17) is 4.74 Å². The zero-order valence-electron chi connectivity index (χ0n) is 8.75. The lowest BCUT2D eigenvalue weighted by Gasteiger charge is -2.01. The van der Waals surface area contributed by atoms with E-state index in [1.807, 2.05) is 0 Å². The minimum atomic E-state index is -0.120. The van der Waals surface area contributed by atoms with Crippen molar-refractivity contribution in [2.24, 2.45) is 0 Å². The summed E-state index contributed by atoms with van der Waals surface area (Å²) < 4.78 is 5.02. The summed E-state index contributed by atoms with van der Waals surface area (Å²) in [6.45, 7) is 0. The predicted octanol–water partition coefficient (Wildman–Crippen LogP) is 1.72. The lowest BCUT2D eigenvalue weighted by atomic mass is 10.1. The zero-order valence-corrected chi connectivity index (χ0v) is 8.75. The van der Waals surface area contributed by atoms with Gasteiger partial charge in [0.05, 0.1) is 7.11 Å². The molecular weight excluding hydrogens is 204 g/mol. The van der Waals surface area contributed by atoms with Crippen LogP contribution in [0.2, 0.25) is 0 Å². The van der Waals surface area contributed by atoms with Crippen LogP contribution in [0.3, 0.4) is 0 Å². The van der Waals surface area contributed by atoms with Crippen LogP contribution in [0.5, 0.6) is 5.75 Å². The van der Waals surface area contributed by atoms with Gasteiger partial charge in [-0.15, -0.1) is 0 Å². The molecule has 0 fully saturated rings. The minimum absolute atomic E-state index is 0.120. The molecule has 1 heterocycles. The molecule has 0 aliphatic carbocycles. The van der Waals surface area contributed by atoms with Gasteiger partial charge in [-0.25, -0.2) is 9.97 Å². The molecule has 0 atom stereocenters. The number of methoxy groups -OCH3 is 1. The van der Waals surface area contributed by atoms with Gasteiger partial charge in [-0.3, -0.25) is 4.79 Å². The number of hydrogen-bond acceptors (Lipinski definition) is 4. The van der Waals surface area contributed by atoms with E-state index in [1.165, 1.54) is 6.33 Å². The number of ether oxygens (including phenoxy) is 1. The molecule has 0 spiro atoms. The quantitative estimate of drug-likeness (QED) is 0.730. The molecule has 0 radical (unpaired) electrons. The first-order valence-electron chi connectivity index (χ1n) is 4.76. The predicted molar refractivity (Wildman–Crippen MR) is 58.5 cm³/mol. The first-order chi connectivity index (χ1) is 7.81. The van der Waals surface area contributed by atoms with Crippen LogP contribution in [-0.2, 0) is 0 Å². The second-order valence-electron chi connectivity index (χ2n) is 3.15. The molecule has 2 rings (SSSR count). The molecular formula is C12H10N2O2. The SMILES string of the molecule is COc1ccc(C(=O)c2ccncn2)cc1. The van der Waals surface area contributed by atoms with E-state index in [-0.39, 0.29) is 5.78 Å². The van der Waals surface area contributed by atoms with Crippen LogP contribution in [0.25, 0.3) is 0 Å². The number of carbonyl (C=O) groups is 1. The highest BCUT2D eigenvalue weighted by atomic mass is 16.5. The van der Waals surface area contributed by atoms with Gasteiger partial charge in [0, 0.05) is 11.8 Å². The Morgan fingerprint density at radius 3 is 2.50 bits per heavy atom. The van der Waals surface area contributed by atoms with Gasteiger partial charge < -0.3 is 4.74 Å². The van der Waals surface area contributed by atoms with Crippen molar-refractivity contribution in [3.05, 3.63) is 54.1 Å². The number of benzene rings is 1. The van der Waals surface area contributed by atoms with Gasteiger partial charge in [-0.2, -0.15) is 0 Å². The van der Waals surface area contributed by atoms with Crippen LogP contribution in [0, 0.1) is 0 Å². The lowest BCUT2D eigenvalue weighted by Crippen LogP contribution is -2.03. The number of aromatic nitrogens is 2. The van der Waals surface area contributed by atoms with Gasteiger partial charge in [0.1, 0.15) is 17.8 Å². The first-order valence-corrected chi connectivity index (χ1v) is 4.76. The van der Waals surface area contributed by atoms with Crippen LogP contribution in [0.1, 0.15) is 16.1 Å². The molecule has 0 aliphatic heterocycles. The Kier molecular flexibility index (Phi) is 2.91. The van der Waals surface area contributed by atoms with Gasteiger partial charge in [-0.1, -0.05) is 0 Å². The van der Waals surface area contributed by atoms with E-state index in [9.17, 15) is 4.79 Å². The topological polar surface area (TPSA) is 52.1 Å². The summed E-state index contributed by atoms with van der Waals surface area (Å²) in [6, 6.07) is 8.50. The highest BCUT2D eigenvalue weighted by molar-refractivity contribution is 6.07. The van der Waals surface area contributed by atoms with Gasteiger partial charge >= 0.3 is 0 Å². The lowest BCUT2D eigenvalue weighted by molar-refractivity contribution is 0.103. The summed E-state index contributed by atoms with van der Waals surface area (Å²) in [5.41, 5.74) is 0.972. The summed E-state index contributed by atoms with van der Waals surface area (Å²) >= 11 is 0. The Hall–Kier alpha value is -2.23. The molecule has 0 amide bonds. The molecule has 0 saturated heterocycles. The van der Waals surface area contributed by atoms with Crippen LogP contribution >= 0.6 is 0 Å². The average molecular weight is 214 g/mol. The summed E-state index contributed by atoms with van der Waals surface area (Å²) in [5, 5.41) is 0. The molecule has 0 bridgehead atoms. The average Bonchev–Trinajstić information content (AvgIpc) is 2.39. The Balaban J connectivity index is 2.28. The van der Waals surface area contributed by atoms with Crippen molar-refractivity contribution in [2.75, 3.05) is 7.11 Å². The smallest absolute Gasteiger partial charge is 0.211 e. The van der Waals surface area contributed by atoms with E-state index in [0.717, 1.165) is 5.75 Å². The van der Waals surface area contributed by atoms with Crippen LogP contribution in [0.15, 0.2) is 42.9 Å². The van der Waals surface area contributed by atoms with E-state index < -0.39 is 0 Å². The Morgan fingerprint density at radius 2 is 1.94 bits per heavy atom. The third-order valence-electron chi connectivity index (χ3n) is 2.17. The molecule has 0 unspecified atom stereocenters. The van der Waals surface area contributed by atoms with Gasteiger partial charge in [0.15, 0.2) is 0 Å². The summed E-state index contributed by atoms with van der Waals surface area (Å²) in [5.74, 6) is 0.601. The summed E-state index contributed by atoms with van der Waals surface area (Å²) in [4.78, 5) is 19.6. The molecule has 4 heteroatoms. The largest absolute Gasteiger partial charge is 0.497 e. The third-order valence-corrected chi connectivity index (χ3v) is 2.17. The number of nitrogens with zero attached hydrogens (tertiary/aromatic N) is 2. The van der Waals surface area contributed by atoms with Gasteiger partial charge in [0.25, 0.3) is 0 Å². The molecule has 0 N–H and O–H groups in total. The molecule has 4 nitrogen and oxygen atoms in total. The Morgan fingerprint density at radius 1 is 1.19 bits per heavy atom. The van der Waals surface area contributed by atoms with Crippen molar-refractivity contribution in [1.29, 1.82) is 0 Å². The van der Waals surface area contributed by atoms with E-state index in [0.29, 0.717) is 11.3 Å². The standard InChI is InChI=1S/C12H10N2O2/c1-16-10-4-2-9(3-5-10)12(15)11-6-7-13-8-14-11/h2-8H,1H3. The van der Waals surface area contributed by atoms with Crippen LogP contribution < -0.4 is 4.74 Å². The molecule has 1 aromatic carbocycles. The maximum atomic E-state index is 11.9. The fourth-order valence-corrected chi connectivity index (χ4v) is 1.32. The number of hydrogen-bond donors (Lipinski definition) is 0. The van der Waals surface area contributed by atoms with Crippen LogP contribution in [-0.4, -0.2) is 22.9 Å². The first kappa shape index (κ1) is 10.3. The van der Waals surface area contributed by atoms with Gasteiger partial charge in [0.2, 0.25) is 5.78 Å². The van der Waals surface area contributed by atoms with Crippen molar-refractivity contribution in [2.45, 2.75) is 0 Å². The Labute approximate surface area is 92.9 Å². The fourth-order valence-electron chi connectivity index (χ4n) is 1.32. The van der Waals surface area contributed by atoms with E-state index in [1.54, 1.807) is 43.6 Å². The highest BCUT2D eigenvalue weighted by Gasteiger charge is 2.09. The van der Waals surface area contributed by atoms with Crippen LogP contribution in [0.4, 0.5) is 0 Å². The van der Waals surface area contributed by atoms with Crippen molar-refractivity contribution in [3.63, 3.8) is 0 Å². The number of carbonyl (C=O) groups excluding carboxylic acids is 1. The molecule has 80 valence electrons. The fraction of sp³-hybridized carbons (Fsp3) is 0.0833. The molecule has 16 heavy (non-hydrogen) atoms. The second-order valence-corrected chi connectivity index (χ2v) is 3.15. The maximum absolute atomic E-state index is 11.9. The second kappa shape index (κ2) is 4.53. The highest BCUT2D eigenvalue weighted by Crippen LogP contribution is 2.13. The van der Waals surface area contributed by atoms with E-state index >= 15 is 0 Å². The molecule has 1 aromatic heterocycles. The van der Waals surface area contributed by atoms with Crippen molar-refractivity contribution in [1.82, 2.24) is 9.97 Å². The normalized spacial score (nSPS) is 9.81. The number of ketones is 1. The van der Waals surface area contributed by atoms with Gasteiger partial charge in [-0.05, 0) is 30.3 Å². The molecule has 0 saturated carbocycles. The van der Waals surface area contributed by atoms with E-state index in [2.05, 4.69) is 9.97 Å². The van der Waals surface area contributed by atoms with Crippen molar-refractivity contribution in [3.8, 4) is 5.75 Å². The Bertz CT molecular complexity index is 480. The maximum Gasteiger partial charge on any atom is 0.211 e. The minimum Gasteiger partial charge on any atom is -0.497 e. The van der Waals surface area contributed by atoms with Crippen molar-refractivity contribution < 1.29 is 9.53 Å². The summed E-state index contributed by atoms with van der Waals surface area (Å²) in [7, 11) is 1.58. The molecule has 0 aliphatic rings. The van der Waals surface area contributed by atoms with Crippen molar-refractivity contribution >= 4 is 5.78 Å². The third kappa shape index (κ3) is 2.06. The molecule has 2 aromatic rings. The summed E-state index contributed by atoms with van der Waals surface area (Å²) in [6.07, 6.45) is 2.90. The monoisotopic (exact) mass is 214 g/mol. The zero-order chi connectivity index (χ0) is 11.4. The number of rotatable bonds is 3.